The van der Waals surface area contributed by atoms with Crippen molar-refractivity contribution in [1.29, 1.82) is 0 Å². The van der Waals surface area contributed by atoms with Crippen LogP contribution in [0.15, 0.2) is 16.7 Å². The maximum atomic E-state index is 8.54. The van der Waals surface area contributed by atoms with Crippen molar-refractivity contribution in [3.8, 4) is 0 Å². The number of rotatable bonds is 0. The van der Waals surface area contributed by atoms with E-state index in [0.717, 1.165) is 0 Å². The molecule has 46 valence electrons. The molecule has 0 radical (unpaired) electrons. The lowest BCUT2D eigenvalue weighted by Crippen LogP contribution is -1.97. The summed E-state index contributed by atoms with van der Waals surface area (Å²) in [5.41, 5.74) is 0. The van der Waals surface area contributed by atoms with E-state index >= 15 is 0 Å². The van der Waals surface area contributed by atoms with Gasteiger partial charge in [0.1, 0.15) is 6.26 Å². The first kappa shape index (κ1) is 5.61. The molecule has 8 heavy (non-hydrogen) atoms. The largest absolute Gasteiger partial charge is 0.395 e. The Kier molecular flexibility index (Phi) is 1.24. The Bertz CT molecular complexity index is 141. The Hall–Kier alpha value is -0.520. The van der Waals surface area contributed by atoms with Crippen LogP contribution in [0.25, 0.3) is 0 Å². The van der Waals surface area contributed by atoms with E-state index in [9.17, 15) is 0 Å². The van der Waals surface area contributed by atoms with Crippen molar-refractivity contribution in [1.82, 2.24) is 0 Å². The highest BCUT2D eigenvalue weighted by Gasteiger charge is 2.14. The fourth-order valence-electron chi connectivity index (χ4n) is 0.281. The molecular weight excluding hydrogens is 130 g/mol. The molecule has 0 atom stereocenters. The highest BCUT2D eigenvalue weighted by atomic mass is 32.3. The molecule has 0 aliphatic carbocycles. The van der Waals surface area contributed by atoms with Crippen molar-refractivity contribution in [2.24, 2.45) is 4.40 Å². The SMILES string of the molecule is OS1(O)N=CC=CO1. The van der Waals surface area contributed by atoms with Crippen LogP contribution >= 0.6 is 11.1 Å². The first-order valence-electron chi connectivity index (χ1n) is 1.87. The van der Waals surface area contributed by atoms with Crippen LogP contribution < -0.4 is 0 Å². The predicted octanol–water partition coefficient (Wildman–Crippen LogP) is 1.18. The van der Waals surface area contributed by atoms with Gasteiger partial charge in [-0.05, 0) is 6.08 Å². The fraction of sp³-hybridized carbons (Fsp3) is 0. The van der Waals surface area contributed by atoms with Gasteiger partial charge in [-0.3, -0.25) is 9.11 Å². The van der Waals surface area contributed by atoms with Crippen molar-refractivity contribution >= 4 is 17.3 Å². The van der Waals surface area contributed by atoms with E-state index in [-0.39, 0.29) is 0 Å². The molecule has 5 heteroatoms. The first-order chi connectivity index (χ1) is 3.71. The molecule has 1 rings (SSSR count). The van der Waals surface area contributed by atoms with E-state index in [1.807, 2.05) is 0 Å². The summed E-state index contributed by atoms with van der Waals surface area (Å²) in [6, 6.07) is 0. The van der Waals surface area contributed by atoms with Crippen LogP contribution in [0.3, 0.4) is 0 Å². The molecule has 0 bridgehead atoms. The van der Waals surface area contributed by atoms with Crippen LogP contribution in [-0.4, -0.2) is 15.3 Å². The van der Waals surface area contributed by atoms with E-state index < -0.39 is 11.1 Å². The van der Waals surface area contributed by atoms with Gasteiger partial charge in [-0.2, -0.15) is 4.40 Å². The molecule has 0 unspecified atom stereocenters. The Morgan fingerprint density at radius 1 is 1.50 bits per heavy atom. The Balaban J connectivity index is 2.65. The summed E-state index contributed by atoms with van der Waals surface area (Å²) in [5, 5.41) is 0. The summed E-state index contributed by atoms with van der Waals surface area (Å²) in [6.45, 7) is 0. The van der Waals surface area contributed by atoms with Crippen LogP contribution in [0.2, 0.25) is 0 Å². The third-order valence-corrected chi connectivity index (χ3v) is 1.31. The minimum atomic E-state index is -3.10. The predicted molar refractivity (Wildman–Crippen MR) is 31.6 cm³/mol. The second-order valence-electron chi connectivity index (χ2n) is 1.15. The van der Waals surface area contributed by atoms with Crippen LogP contribution in [0, 0.1) is 0 Å². The van der Waals surface area contributed by atoms with Gasteiger partial charge in [0.05, 0.1) is 0 Å². The maximum Gasteiger partial charge on any atom is 0.249 e. The molecule has 0 aromatic carbocycles. The summed E-state index contributed by atoms with van der Waals surface area (Å²) in [7, 11) is 0. The normalized spacial score (nSPS) is 26.8. The summed E-state index contributed by atoms with van der Waals surface area (Å²) in [6.07, 6.45) is 3.93. The molecule has 0 fully saturated rings. The fourth-order valence-corrected chi connectivity index (χ4v) is 0.773. The van der Waals surface area contributed by atoms with Crippen LogP contribution in [0.4, 0.5) is 0 Å². The molecule has 0 aromatic rings. The minimum Gasteiger partial charge on any atom is -0.395 e. The highest BCUT2D eigenvalue weighted by Crippen LogP contribution is 2.42. The first-order valence-corrected chi connectivity index (χ1v) is 3.30. The van der Waals surface area contributed by atoms with Crippen molar-refractivity contribution in [3.05, 3.63) is 12.3 Å². The zero-order chi connectivity index (χ0) is 6.04. The second kappa shape index (κ2) is 1.77. The Labute approximate surface area is 48.2 Å². The average Bonchev–Trinajstić information content (AvgIpc) is 1.65. The summed E-state index contributed by atoms with van der Waals surface area (Å²) < 4.78 is 24.6. The van der Waals surface area contributed by atoms with Crippen molar-refractivity contribution in [3.63, 3.8) is 0 Å². The van der Waals surface area contributed by atoms with Gasteiger partial charge in [0.15, 0.2) is 0 Å². The van der Waals surface area contributed by atoms with Gasteiger partial charge >= 0.3 is 0 Å². The highest BCUT2D eigenvalue weighted by molar-refractivity contribution is 8.19. The van der Waals surface area contributed by atoms with E-state index in [0.29, 0.717) is 0 Å². The lowest BCUT2D eigenvalue weighted by molar-refractivity contribution is 0.351. The molecule has 1 heterocycles. The number of allylic oxidation sites excluding steroid dienone is 1. The van der Waals surface area contributed by atoms with E-state index in [1.54, 1.807) is 0 Å². The molecule has 2 N–H and O–H groups in total. The third-order valence-electron chi connectivity index (χ3n) is 0.547. The molecule has 0 amide bonds. The number of nitrogens with zero attached hydrogens (tertiary/aromatic N) is 1. The van der Waals surface area contributed by atoms with E-state index in [1.165, 1.54) is 18.6 Å². The van der Waals surface area contributed by atoms with Crippen LogP contribution in [0.5, 0.6) is 0 Å². The summed E-state index contributed by atoms with van der Waals surface area (Å²) in [5.74, 6) is 0. The van der Waals surface area contributed by atoms with E-state index in [2.05, 4.69) is 8.58 Å². The van der Waals surface area contributed by atoms with Gasteiger partial charge < -0.3 is 4.18 Å². The molecule has 1 aliphatic rings. The Morgan fingerprint density at radius 2 is 2.25 bits per heavy atom. The maximum absolute atomic E-state index is 8.54. The van der Waals surface area contributed by atoms with Gasteiger partial charge in [0.2, 0.25) is 11.1 Å². The lowest BCUT2D eigenvalue weighted by atomic mass is 10.7. The lowest BCUT2D eigenvalue weighted by Gasteiger charge is -2.19. The second-order valence-corrected chi connectivity index (χ2v) is 2.49. The minimum absolute atomic E-state index is 1.18. The smallest absolute Gasteiger partial charge is 0.249 e. The number of hydrogen-bond donors (Lipinski definition) is 2. The van der Waals surface area contributed by atoms with Gasteiger partial charge in [-0.15, -0.1) is 0 Å². The zero-order valence-corrected chi connectivity index (χ0v) is 4.71. The van der Waals surface area contributed by atoms with Crippen molar-refractivity contribution in [2.45, 2.75) is 0 Å². The van der Waals surface area contributed by atoms with Gasteiger partial charge in [0.25, 0.3) is 0 Å². The molecule has 0 spiro atoms. The topological polar surface area (TPSA) is 62.0 Å². The molecule has 4 nitrogen and oxygen atoms in total. The monoisotopic (exact) mass is 135 g/mol. The van der Waals surface area contributed by atoms with Gasteiger partial charge in [-0.1, -0.05) is 0 Å². The van der Waals surface area contributed by atoms with Crippen molar-refractivity contribution in [2.75, 3.05) is 0 Å². The van der Waals surface area contributed by atoms with Crippen LogP contribution in [-0.2, 0) is 4.18 Å². The zero-order valence-electron chi connectivity index (χ0n) is 3.89. The van der Waals surface area contributed by atoms with Gasteiger partial charge in [-0.25, -0.2) is 0 Å². The van der Waals surface area contributed by atoms with Crippen LogP contribution in [0.1, 0.15) is 0 Å². The number of hydrogen-bond acceptors (Lipinski definition) is 4. The molecule has 0 saturated carbocycles. The quantitative estimate of drug-likeness (QED) is 0.524. The standard InChI is InChI=1S/C3H5NO3S/c5-8(6)4-2-1-3-7-8/h1-3,5-6H. The molecular formula is C3H5NO3S. The summed E-state index contributed by atoms with van der Waals surface area (Å²) >= 11 is -3.10. The average molecular weight is 135 g/mol. The molecule has 0 aromatic heterocycles. The molecule has 0 saturated heterocycles. The molecule has 1 aliphatic heterocycles. The van der Waals surface area contributed by atoms with Crippen molar-refractivity contribution < 1.29 is 13.3 Å². The third kappa shape index (κ3) is 1.22. The van der Waals surface area contributed by atoms with E-state index in [4.69, 9.17) is 9.11 Å². The van der Waals surface area contributed by atoms with Gasteiger partial charge in [0, 0.05) is 6.21 Å². The summed E-state index contributed by atoms with van der Waals surface area (Å²) in [4.78, 5) is 0. The Morgan fingerprint density at radius 3 is 2.50 bits per heavy atom.